The molecule has 0 unspecified atom stereocenters. The van der Waals surface area contributed by atoms with Crippen LogP contribution < -0.4 is 20.7 Å². The van der Waals surface area contributed by atoms with Crippen LogP contribution in [0.15, 0.2) is 48.5 Å². The van der Waals surface area contributed by atoms with E-state index in [1.54, 1.807) is 31.4 Å². The molecule has 2 aromatic rings. The van der Waals surface area contributed by atoms with Gasteiger partial charge in [0.05, 0.1) is 13.7 Å². The lowest BCUT2D eigenvalue weighted by Gasteiger charge is -2.10. The fourth-order valence-electron chi connectivity index (χ4n) is 2.18. The minimum atomic E-state index is -0.193. The first kappa shape index (κ1) is 18.3. The van der Waals surface area contributed by atoms with Gasteiger partial charge in [0.1, 0.15) is 5.75 Å². The topological polar surface area (TPSA) is 79.5 Å². The van der Waals surface area contributed by atoms with Crippen molar-refractivity contribution in [3.8, 4) is 5.75 Å². The zero-order valence-corrected chi connectivity index (χ0v) is 14.5. The Morgan fingerprint density at radius 3 is 2.48 bits per heavy atom. The van der Waals surface area contributed by atoms with Gasteiger partial charge in [0.15, 0.2) is 0 Å². The number of ether oxygens (including phenoxy) is 1. The molecule has 2 amide bonds. The fourth-order valence-corrected chi connectivity index (χ4v) is 2.18. The van der Waals surface area contributed by atoms with Crippen LogP contribution in [-0.4, -0.2) is 32.0 Å². The summed E-state index contributed by atoms with van der Waals surface area (Å²) in [6, 6.07) is 14.2. The quantitative estimate of drug-likeness (QED) is 0.690. The Balaban J connectivity index is 1.88. The molecule has 2 aromatic carbocycles. The van der Waals surface area contributed by atoms with Crippen molar-refractivity contribution in [1.29, 1.82) is 0 Å². The Morgan fingerprint density at radius 2 is 1.80 bits per heavy atom. The molecule has 0 radical (unpaired) electrons. The predicted molar refractivity (Wildman–Crippen MR) is 99.2 cm³/mol. The van der Waals surface area contributed by atoms with Gasteiger partial charge in [0.25, 0.3) is 5.91 Å². The fraction of sp³-hybridized carbons (Fsp3) is 0.263. The van der Waals surface area contributed by atoms with Gasteiger partial charge in [-0.05, 0) is 48.9 Å². The average Bonchev–Trinajstić information content (AvgIpc) is 2.65. The molecule has 0 aliphatic rings. The number of benzene rings is 2. The Labute approximate surface area is 147 Å². The third-order valence-corrected chi connectivity index (χ3v) is 3.49. The molecule has 0 spiro atoms. The first-order valence-electron chi connectivity index (χ1n) is 8.18. The van der Waals surface area contributed by atoms with E-state index in [4.69, 9.17) is 4.74 Å². The number of nitrogens with one attached hydrogen (secondary N) is 3. The summed E-state index contributed by atoms with van der Waals surface area (Å²) in [5.74, 6) is 0.421. The van der Waals surface area contributed by atoms with Crippen molar-refractivity contribution in [3.63, 3.8) is 0 Å². The van der Waals surface area contributed by atoms with E-state index in [0.717, 1.165) is 17.9 Å². The molecule has 0 heterocycles. The summed E-state index contributed by atoms with van der Waals surface area (Å²) < 4.78 is 5.09. The van der Waals surface area contributed by atoms with E-state index in [1.165, 1.54) is 0 Å². The predicted octanol–water partition coefficient (Wildman–Crippen LogP) is 2.89. The summed E-state index contributed by atoms with van der Waals surface area (Å²) in [5, 5.41) is 8.63. The van der Waals surface area contributed by atoms with Gasteiger partial charge in [-0.15, -0.1) is 0 Å². The van der Waals surface area contributed by atoms with Gasteiger partial charge in [-0.2, -0.15) is 0 Å². The first-order chi connectivity index (χ1) is 12.1. The van der Waals surface area contributed by atoms with Crippen LogP contribution in [0.2, 0.25) is 0 Å². The molecule has 0 aliphatic carbocycles. The standard InChI is InChI=1S/C19H23N3O3/c1-3-11-20-19(24)14-5-4-6-16(12-14)22-18(23)13-21-15-7-9-17(25-2)10-8-15/h4-10,12,21H,3,11,13H2,1-2H3,(H,20,24)(H,22,23). The number of rotatable bonds is 8. The first-order valence-corrected chi connectivity index (χ1v) is 8.18. The minimum absolute atomic E-state index is 0.124. The van der Waals surface area contributed by atoms with Crippen molar-refractivity contribution >= 4 is 23.2 Å². The molecule has 0 aromatic heterocycles. The molecular formula is C19H23N3O3. The monoisotopic (exact) mass is 341 g/mol. The van der Waals surface area contributed by atoms with Gasteiger partial charge in [0.2, 0.25) is 5.91 Å². The molecule has 0 atom stereocenters. The molecular weight excluding hydrogens is 318 g/mol. The number of hydrogen-bond acceptors (Lipinski definition) is 4. The van der Waals surface area contributed by atoms with Gasteiger partial charge >= 0.3 is 0 Å². The maximum atomic E-state index is 12.1. The van der Waals surface area contributed by atoms with E-state index in [-0.39, 0.29) is 18.4 Å². The number of anilines is 2. The van der Waals surface area contributed by atoms with Gasteiger partial charge in [-0.3, -0.25) is 9.59 Å². The molecule has 0 fully saturated rings. The Bertz CT molecular complexity index is 714. The van der Waals surface area contributed by atoms with E-state index in [1.807, 2.05) is 31.2 Å². The molecule has 0 saturated heterocycles. The van der Waals surface area contributed by atoms with E-state index < -0.39 is 0 Å². The second kappa shape index (κ2) is 9.32. The van der Waals surface area contributed by atoms with Crippen molar-refractivity contribution in [2.24, 2.45) is 0 Å². The number of methoxy groups -OCH3 is 1. The second-order valence-electron chi connectivity index (χ2n) is 5.47. The smallest absolute Gasteiger partial charge is 0.251 e. The Hall–Kier alpha value is -3.02. The lowest BCUT2D eigenvalue weighted by Crippen LogP contribution is -2.24. The highest BCUT2D eigenvalue weighted by Gasteiger charge is 2.07. The Morgan fingerprint density at radius 1 is 1.04 bits per heavy atom. The maximum absolute atomic E-state index is 12.1. The highest BCUT2D eigenvalue weighted by atomic mass is 16.5. The molecule has 132 valence electrons. The van der Waals surface area contributed by atoms with Gasteiger partial charge in [0, 0.05) is 23.5 Å². The molecule has 6 nitrogen and oxygen atoms in total. The van der Waals surface area contributed by atoms with Crippen molar-refractivity contribution in [2.75, 3.05) is 30.8 Å². The van der Waals surface area contributed by atoms with Crippen LogP contribution in [0.25, 0.3) is 0 Å². The summed E-state index contributed by atoms with van der Waals surface area (Å²) >= 11 is 0. The summed E-state index contributed by atoms with van der Waals surface area (Å²) in [6.07, 6.45) is 0.874. The molecule has 0 bridgehead atoms. The number of hydrogen-bond donors (Lipinski definition) is 3. The molecule has 6 heteroatoms. The van der Waals surface area contributed by atoms with E-state index >= 15 is 0 Å². The lowest BCUT2D eigenvalue weighted by atomic mass is 10.2. The van der Waals surface area contributed by atoms with E-state index in [9.17, 15) is 9.59 Å². The Kier molecular flexibility index (Phi) is 6.83. The molecule has 25 heavy (non-hydrogen) atoms. The van der Waals surface area contributed by atoms with E-state index in [2.05, 4.69) is 16.0 Å². The van der Waals surface area contributed by atoms with E-state index in [0.29, 0.717) is 17.8 Å². The van der Waals surface area contributed by atoms with Crippen LogP contribution in [0.3, 0.4) is 0 Å². The van der Waals surface area contributed by atoms with Crippen LogP contribution in [0, 0.1) is 0 Å². The molecule has 3 N–H and O–H groups in total. The minimum Gasteiger partial charge on any atom is -0.497 e. The van der Waals surface area contributed by atoms with Crippen LogP contribution in [0.5, 0.6) is 5.75 Å². The highest BCUT2D eigenvalue weighted by molar-refractivity contribution is 5.98. The van der Waals surface area contributed by atoms with Crippen LogP contribution in [-0.2, 0) is 4.79 Å². The van der Waals surface area contributed by atoms with Crippen LogP contribution in [0.1, 0.15) is 23.7 Å². The van der Waals surface area contributed by atoms with Crippen LogP contribution >= 0.6 is 0 Å². The number of carbonyl (C=O) groups excluding carboxylic acids is 2. The van der Waals surface area contributed by atoms with Crippen molar-refractivity contribution in [2.45, 2.75) is 13.3 Å². The maximum Gasteiger partial charge on any atom is 0.251 e. The van der Waals surface area contributed by atoms with Crippen LogP contribution in [0.4, 0.5) is 11.4 Å². The summed E-state index contributed by atoms with van der Waals surface area (Å²) in [7, 11) is 1.60. The largest absolute Gasteiger partial charge is 0.497 e. The molecule has 0 saturated carbocycles. The van der Waals surface area contributed by atoms with Crippen molar-refractivity contribution in [3.05, 3.63) is 54.1 Å². The lowest BCUT2D eigenvalue weighted by molar-refractivity contribution is -0.114. The SMILES string of the molecule is CCCNC(=O)c1cccc(NC(=O)CNc2ccc(OC)cc2)c1. The van der Waals surface area contributed by atoms with Gasteiger partial charge in [-0.1, -0.05) is 13.0 Å². The van der Waals surface area contributed by atoms with Gasteiger partial charge < -0.3 is 20.7 Å². The van der Waals surface area contributed by atoms with Crippen molar-refractivity contribution in [1.82, 2.24) is 5.32 Å². The third kappa shape index (κ3) is 5.84. The molecule has 0 aliphatic heterocycles. The number of amides is 2. The zero-order chi connectivity index (χ0) is 18.1. The summed E-state index contributed by atoms with van der Waals surface area (Å²) in [4.78, 5) is 24.0. The third-order valence-electron chi connectivity index (χ3n) is 3.49. The normalized spacial score (nSPS) is 10.0. The van der Waals surface area contributed by atoms with Crippen molar-refractivity contribution < 1.29 is 14.3 Å². The second-order valence-corrected chi connectivity index (χ2v) is 5.47. The summed E-state index contributed by atoms with van der Waals surface area (Å²) in [6.45, 7) is 2.74. The molecule has 2 rings (SSSR count). The highest BCUT2D eigenvalue weighted by Crippen LogP contribution is 2.15. The average molecular weight is 341 g/mol. The van der Waals surface area contributed by atoms with Gasteiger partial charge in [-0.25, -0.2) is 0 Å². The zero-order valence-electron chi connectivity index (χ0n) is 14.5. The summed E-state index contributed by atoms with van der Waals surface area (Å²) in [5.41, 5.74) is 1.93. The number of carbonyl (C=O) groups is 2.